The van der Waals surface area contributed by atoms with Crippen molar-refractivity contribution in [2.75, 3.05) is 0 Å². The van der Waals surface area contributed by atoms with E-state index in [4.69, 9.17) is 5.11 Å². The molecule has 64 valence electrons. The molecule has 0 saturated carbocycles. The third-order valence-corrected chi connectivity index (χ3v) is 1.60. The maximum atomic E-state index is 12.2. The molecule has 1 N–H and O–H groups in total. The fourth-order valence-corrected chi connectivity index (χ4v) is 1.02. The Bertz CT molecular complexity index is 284. The van der Waals surface area contributed by atoms with Gasteiger partial charge in [-0.2, -0.15) is 0 Å². The molecule has 0 unspecified atom stereocenters. The molecule has 1 rings (SSSR count). The molecule has 0 aromatic heterocycles. The fourth-order valence-electron chi connectivity index (χ4n) is 1.02. The summed E-state index contributed by atoms with van der Waals surface area (Å²) in [5.41, 5.74) is 1.01. The highest BCUT2D eigenvalue weighted by atomic mass is 19.1. The van der Waals surface area contributed by atoms with Crippen molar-refractivity contribution in [3.63, 3.8) is 0 Å². The predicted octanol–water partition coefficient (Wildman–Crippen LogP) is 1.78. The van der Waals surface area contributed by atoms with Gasteiger partial charge in [-0.3, -0.25) is 4.79 Å². The Labute approximate surface area is 69.6 Å². The van der Waals surface area contributed by atoms with Gasteiger partial charge < -0.3 is 5.11 Å². The van der Waals surface area contributed by atoms with Crippen LogP contribution in [0, 0.1) is 0 Å². The van der Waals surface area contributed by atoms with Gasteiger partial charge in [0.25, 0.3) is 0 Å². The van der Waals surface area contributed by atoms with E-state index >= 15 is 0 Å². The van der Waals surface area contributed by atoms with Crippen molar-refractivity contribution in [2.24, 2.45) is 0 Å². The van der Waals surface area contributed by atoms with Gasteiger partial charge in [0.15, 0.2) is 0 Å². The van der Waals surface area contributed by atoms with Crippen molar-refractivity contribution in [2.45, 2.75) is 13.1 Å². The monoisotopic (exact) mass is 168 g/mol. The second-order valence-electron chi connectivity index (χ2n) is 2.47. The van der Waals surface area contributed by atoms with Crippen molar-refractivity contribution in [1.29, 1.82) is 0 Å². The topological polar surface area (TPSA) is 37.3 Å². The van der Waals surface area contributed by atoms with Crippen LogP contribution in [-0.2, 0) is 17.9 Å². The SMILES string of the molecule is O=C(O)Cc1ccccc1CF. The molecule has 0 aliphatic carbocycles. The van der Waals surface area contributed by atoms with Crippen LogP contribution in [0.15, 0.2) is 24.3 Å². The zero-order valence-electron chi connectivity index (χ0n) is 6.46. The molecule has 1 aromatic rings. The third-order valence-electron chi connectivity index (χ3n) is 1.60. The molecule has 0 amide bonds. The summed E-state index contributed by atoms with van der Waals surface area (Å²) in [6.45, 7) is -0.608. The summed E-state index contributed by atoms with van der Waals surface area (Å²) in [5, 5.41) is 8.46. The summed E-state index contributed by atoms with van der Waals surface area (Å²) in [7, 11) is 0. The van der Waals surface area contributed by atoms with Crippen molar-refractivity contribution in [3.8, 4) is 0 Å². The third kappa shape index (κ3) is 2.05. The van der Waals surface area contributed by atoms with Gasteiger partial charge in [-0.1, -0.05) is 24.3 Å². The summed E-state index contributed by atoms with van der Waals surface area (Å²) in [5.74, 6) is -0.934. The lowest BCUT2D eigenvalue weighted by Gasteiger charge is -2.01. The van der Waals surface area contributed by atoms with Crippen LogP contribution in [0.2, 0.25) is 0 Å². The van der Waals surface area contributed by atoms with Gasteiger partial charge in [0.2, 0.25) is 0 Å². The van der Waals surface area contributed by atoms with Gasteiger partial charge in [-0.15, -0.1) is 0 Å². The molecule has 0 radical (unpaired) electrons. The van der Waals surface area contributed by atoms with E-state index in [9.17, 15) is 9.18 Å². The first-order valence-electron chi connectivity index (χ1n) is 3.58. The smallest absolute Gasteiger partial charge is 0.307 e. The van der Waals surface area contributed by atoms with Crippen LogP contribution in [0.3, 0.4) is 0 Å². The van der Waals surface area contributed by atoms with Gasteiger partial charge in [-0.05, 0) is 11.1 Å². The first-order chi connectivity index (χ1) is 5.74. The zero-order valence-corrected chi connectivity index (χ0v) is 6.46. The fraction of sp³-hybridized carbons (Fsp3) is 0.222. The molecule has 3 heteroatoms. The number of halogens is 1. The molecule has 0 heterocycles. The van der Waals surface area contributed by atoms with E-state index in [0.717, 1.165) is 0 Å². The Morgan fingerprint density at radius 2 is 1.92 bits per heavy atom. The highest BCUT2D eigenvalue weighted by molar-refractivity contribution is 5.70. The van der Waals surface area contributed by atoms with E-state index < -0.39 is 12.6 Å². The number of carboxylic acid groups (broad SMARTS) is 1. The number of hydrogen-bond acceptors (Lipinski definition) is 1. The van der Waals surface area contributed by atoms with Crippen molar-refractivity contribution < 1.29 is 14.3 Å². The van der Waals surface area contributed by atoms with Crippen LogP contribution < -0.4 is 0 Å². The number of rotatable bonds is 3. The summed E-state index contributed by atoms with van der Waals surface area (Å²) in [4.78, 5) is 10.3. The van der Waals surface area contributed by atoms with Crippen molar-refractivity contribution >= 4 is 5.97 Å². The molecule has 1 aromatic carbocycles. The maximum absolute atomic E-state index is 12.2. The summed E-state index contributed by atoms with van der Waals surface area (Å²) >= 11 is 0. The average Bonchev–Trinajstić information content (AvgIpc) is 2.04. The Morgan fingerprint density at radius 3 is 2.42 bits per heavy atom. The van der Waals surface area contributed by atoms with Crippen LogP contribution in [0.1, 0.15) is 11.1 Å². The van der Waals surface area contributed by atoms with E-state index in [1.807, 2.05) is 0 Å². The number of carbonyl (C=O) groups is 1. The average molecular weight is 168 g/mol. The quantitative estimate of drug-likeness (QED) is 0.746. The molecular weight excluding hydrogens is 159 g/mol. The molecule has 0 fully saturated rings. The van der Waals surface area contributed by atoms with Crippen molar-refractivity contribution in [1.82, 2.24) is 0 Å². The number of alkyl halides is 1. The Hall–Kier alpha value is -1.38. The van der Waals surface area contributed by atoms with E-state index in [1.54, 1.807) is 24.3 Å². The summed E-state index contributed by atoms with van der Waals surface area (Å²) in [6.07, 6.45) is -0.111. The molecule has 12 heavy (non-hydrogen) atoms. The number of aliphatic carboxylic acids is 1. The highest BCUT2D eigenvalue weighted by Crippen LogP contribution is 2.10. The predicted molar refractivity (Wildman–Crippen MR) is 42.6 cm³/mol. The lowest BCUT2D eigenvalue weighted by Crippen LogP contribution is -2.02. The molecule has 0 aliphatic heterocycles. The van der Waals surface area contributed by atoms with Crippen LogP contribution in [0.4, 0.5) is 4.39 Å². The van der Waals surface area contributed by atoms with E-state index in [2.05, 4.69) is 0 Å². The maximum Gasteiger partial charge on any atom is 0.307 e. The first kappa shape index (κ1) is 8.71. The van der Waals surface area contributed by atoms with E-state index in [0.29, 0.717) is 11.1 Å². The second kappa shape index (κ2) is 3.85. The summed E-state index contributed by atoms with van der Waals surface area (Å²) in [6, 6.07) is 6.62. The Balaban J connectivity index is 2.89. The highest BCUT2D eigenvalue weighted by Gasteiger charge is 2.04. The largest absolute Gasteiger partial charge is 0.481 e. The van der Waals surface area contributed by atoms with Gasteiger partial charge in [-0.25, -0.2) is 4.39 Å². The van der Waals surface area contributed by atoms with Crippen molar-refractivity contribution in [3.05, 3.63) is 35.4 Å². The Kier molecular flexibility index (Phi) is 2.80. The standard InChI is InChI=1S/C9H9FO2/c10-6-8-4-2-1-3-7(8)5-9(11)12/h1-4H,5-6H2,(H,11,12). The van der Waals surface area contributed by atoms with E-state index in [-0.39, 0.29) is 6.42 Å². The molecule has 0 aliphatic rings. The number of carboxylic acids is 1. The van der Waals surface area contributed by atoms with Gasteiger partial charge >= 0.3 is 5.97 Å². The lowest BCUT2D eigenvalue weighted by atomic mass is 10.1. The Morgan fingerprint density at radius 1 is 1.33 bits per heavy atom. The van der Waals surface area contributed by atoms with Gasteiger partial charge in [0.1, 0.15) is 6.67 Å². The second-order valence-corrected chi connectivity index (χ2v) is 2.47. The van der Waals surface area contributed by atoms with Crippen LogP contribution in [-0.4, -0.2) is 11.1 Å². The molecule has 0 atom stereocenters. The molecule has 2 nitrogen and oxygen atoms in total. The van der Waals surface area contributed by atoms with E-state index in [1.165, 1.54) is 0 Å². The summed E-state index contributed by atoms with van der Waals surface area (Å²) < 4.78 is 12.2. The number of benzene rings is 1. The zero-order chi connectivity index (χ0) is 8.97. The molecule has 0 saturated heterocycles. The molecule has 0 spiro atoms. The minimum atomic E-state index is -0.934. The van der Waals surface area contributed by atoms with Gasteiger partial charge in [0, 0.05) is 0 Å². The molecule has 0 bridgehead atoms. The normalized spacial score (nSPS) is 9.75. The van der Waals surface area contributed by atoms with Crippen LogP contribution >= 0.6 is 0 Å². The van der Waals surface area contributed by atoms with Gasteiger partial charge in [0.05, 0.1) is 6.42 Å². The number of hydrogen-bond donors (Lipinski definition) is 1. The van der Waals surface area contributed by atoms with Crippen LogP contribution in [0.25, 0.3) is 0 Å². The first-order valence-corrected chi connectivity index (χ1v) is 3.58. The minimum absolute atomic E-state index is 0.111. The lowest BCUT2D eigenvalue weighted by molar-refractivity contribution is -0.136. The molecular formula is C9H9FO2. The van der Waals surface area contributed by atoms with Crippen LogP contribution in [0.5, 0.6) is 0 Å². The minimum Gasteiger partial charge on any atom is -0.481 e.